The van der Waals surface area contributed by atoms with Crippen molar-refractivity contribution >= 4 is 5.69 Å². The van der Waals surface area contributed by atoms with E-state index in [1.807, 2.05) is 60.7 Å². The monoisotopic (exact) mass is 305 g/mol. The molecule has 3 aromatic rings. The molecular weight excluding hydrogens is 286 g/mol. The van der Waals surface area contributed by atoms with Crippen molar-refractivity contribution in [1.29, 1.82) is 0 Å². The Labute approximate surface area is 136 Å². The summed E-state index contributed by atoms with van der Waals surface area (Å²) in [5.41, 5.74) is 9.75. The predicted molar refractivity (Wildman–Crippen MR) is 93.6 cm³/mol. The molecule has 0 radical (unpaired) electrons. The van der Waals surface area contributed by atoms with E-state index in [-0.39, 0.29) is 0 Å². The molecule has 3 nitrogen and oxygen atoms in total. The minimum Gasteiger partial charge on any atom is -0.495 e. The van der Waals surface area contributed by atoms with Crippen molar-refractivity contribution in [2.45, 2.75) is 6.61 Å². The minimum atomic E-state index is 0.551. The maximum Gasteiger partial charge on any atom is 0.142 e. The lowest BCUT2D eigenvalue weighted by Gasteiger charge is -2.10. The molecule has 0 aliphatic carbocycles. The van der Waals surface area contributed by atoms with E-state index in [1.165, 1.54) is 0 Å². The van der Waals surface area contributed by atoms with Crippen LogP contribution in [0.3, 0.4) is 0 Å². The predicted octanol–water partition coefficient (Wildman–Crippen LogP) is 4.52. The maximum atomic E-state index is 5.88. The van der Waals surface area contributed by atoms with Gasteiger partial charge in [0.2, 0.25) is 0 Å². The molecule has 0 aliphatic rings. The number of nitrogens with two attached hydrogens (primary N) is 1. The average Bonchev–Trinajstić information content (AvgIpc) is 2.61. The summed E-state index contributed by atoms with van der Waals surface area (Å²) in [5, 5.41) is 0. The van der Waals surface area contributed by atoms with Crippen LogP contribution in [0.2, 0.25) is 0 Å². The first-order valence-electron chi connectivity index (χ1n) is 7.47. The third-order valence-electron chi connectivity index (χ3n) is 3.65. The zero-order valence-electron chi connectivity index (χ0n) is 13.0. The number of nitrogen functional groups attached to an aromatic ring is 1. The topological polar surface area (TPSA) is 44.5 Å². The Morgan fingerprint density at radius 2 is 1.61 bits per heavy atom. The fourth-order valence-corrected chi connectivity index (χ4v) is 2.40. The molecule has 0 aromatic heterocycles. The third kappa shape index (κ3) is 3.64. The van der Waals surface area contributed by atoms with Gasteiger partial charge in [-0.05, 0) is 41.0 Å². The van der Waals surface area contributed by atoms with Crippen molar-refractivity contribution in [2.24, 2.45) is 0 Å². The highest BCUT2D eigenvalue weighted by molar-refractivity contribution is 5.70. The van der Waals surface area contributed by atoms with Gasteiger partial charge in [-0.2, -0.15) is 0 Å². The molecule has 116 valence electrons. The van der Waals surface area contributed by atoms with Crippen LogP contribution in [-0.4, -0.2) is 7.11 Å². The summed E-state index contributed by atoms with van der Waals surface area (Å²) in [6, 6.07) is 23.9. The van der Waals surface area contributed by atoms with Crippen LogP contribution < -0.4 is 15.2 Å². The SMILES string of the molecule is COc1cc(-c2cccc(OCc3ccccc3)c2)ccc1N. The molecule has 0 fully saturated rings. The van der Waals surface area contributed by atoms with E-state index in [2.05, 4.69) is 12.1 Å². The number of hydrogen-bond acceptors (Lipinski definition) is 3. The fourth-order valence-electron chi connectivity index (χ4n) is 2.40. The van der Waals surface area contributed by atoms with Gasteiger partial charge in [-0.3, -0.25) is 0 Å². The van der Waals surface area contributed by atoms with Gasteiger partial charge in [0.15, 0.2) is 0 Å². The van der Waals surface area contributed by atoms with Crippen LogP contribution in [0.15, 0.2) is 72.8 Å². The molecule has 0 heterocycles. The van der Waals surface area contributed by atoms with Crippen molar-refractivity contribution in [3.8, 4) is 22.6 Å². The molecule has 0 atom stereocenters. The van der Waals surface area contributed by atoms with Crippen LogP contribution in [0.5, 0.6) is 11.5 Å². The highest BCUT2D eigenvalue weighted by Crippen LogP contribution is 2.30. The van der Waals surface area contributed by atoms with Gasteiger partial charge in [0, 0.05) is 0 Å². The Bertz CT molecular complexity index is 785. The van der Waals surface area contributed by atoms with Gasteiger partial charge in [-0.25, -0.2) is 0 Å². The number of hydrogen-bond donors (Lipinski definition) is 1. The van der Waals surface area contributed by atoms with E-state index in [4.69, 9.17) is 15.2 Å². The lowest BCUT2D eigenvalue weighted by atomic mass is 10.0. The minimum absolute atomic E-state index is 0.551. The second-order valence-corrected chi connectivity index (χ2v) is 5.26. The molecule has 0 saturated carbocycles. The molecule has 3 aromatic carbocycles. The van der Waals surface area contributed by atoms with Crippen molar-refractivity contribution in [3.05, 3.63) is 78.4 Å². The summed E-state index contributed by atoms with van der Waals surface area (Å²) < 4.78 is 11.2. The van der Waals surface area contributed by atoms with E-state index < -0.39 is 0 Å². The maximum absolute atomic E-state index is 5.88. The lowest BCUT2D eigenvalue weighted by molar-refractivity contribution is 0.306. The highest BCUT2D eigenvalue weighted by Gasteiger charge is 2.05. The molecular formula is C20H19NO2. The summed E-state index contributed by atoms with van der Waals surface area (Å²) in [6.45, 7) is 0.551. The molecule has 23 heavy (non-hydrogen) atoms. The molecule has 0 amide bonds. The standard InChI is InChI=1S/C20H19NO2/c1-22-20-13-17(10-11-19(20)21)16-8-5-9-18(12-16)23-14-15-6-3-2-4-7-15/h2-13H,14,21H2,1H3. The van der Waals surface area contributed by atoms with Crippen LogP contribution in [0, 0.1) is 0 Å². The first kappa shape index (κ1) is 15.0. The first-order chi connectivity index (χ1) is 11.3. The average molecular weight is 305 g/mol. The Hall–Kier alpha value is -2.94. The van der Waals surface area contributed by atoms with Gasteiger partial charge >= 0.3 is 0 Å². The van der Waals surface area contributed by atoms with Gasteiger partial charge in [0.1, 0.15) is 18.1 Å². The van der Waals surface area contributed by atoms with Crippen molar-refractivity contribution < 1.29 is 9.47 Å². The van der Waals surface area contributed by atoms with E-state index in [1.54, 1.807) is 7.11 Å². The molecule has 0 saturated heterocycles. The van der Waals surface area contributed by atoms with Gasteiger partial charge in [0.25, 0.3) is 0 Å². The molecule has 0 unspecified atom stereocenters. The number of anilines is 1. The quantitative estimate of drug-likeness (QED) is 0.705. The molecule has 0 spiro atoms. The summed E-state index contributed by atoms with van der Waals surface area (Å²) in [7, 11) is 1.62. The number of methoxy groups -OCH3 is 1. The number of rotatable bonds is 5. The van der Waals surface area contributed by atoms with Gasteiger partial charge in [0.05, 0.1) is 12.8 Å². The summed E-state index contributed by atoms with van der Waals surface area (Å²) in [6.07, 6.45) is 0. The van der Waals surface area contributed by atoms with Crippen LogP contribution >= 0.6 is 0 Å². The summed E-state index contributed by atoms with van der Waals surface area (Å²) in [4.78, 5) is 0. The van der Waals surface area contributed by atoms with E-state index >= 15 is 0 Å². The normalized spacial score (nSPS) is 10.3. The van der Waals surface area contributed by atoms with E-state index in [9.17, 15) is 0 Å². The zero-order chi connectivity index (χ0) is 16.1. The Balaban J connectivity index is 1.79. The smallest absolute Gasteiger partial charge is 0.142 e. The summed E-state index contributed by atoms with van der Waals surface area (Å²) in [5.74, 6) is 1.51. The molecule has 0 bridgehead atoms. The number of ether oxygens (including phenoxy) is 2. The van der Waals surface area contributed by atoms with Gasteiger partial charge in [-0.15, -0.1) is 0 Å². The highest BCUT2D eigenvalue weighted by atomic mass is 16.5. The fraction of sp³-hybridized carbons (Fsp3) is 0.100. The van der Waals surface area contributed by atoms with Gasteiger partial charge < -0.3 is 15.2 Å². The van der Waals surface area contributed by atoms with Crippen molar-refractivity contribution in [3.63, 3.8) is 0 Å². The Kier molecular flexibility index (Phi) is 4.48. The third-order valence-corrected chi connectivity index (χ3v) is 3.65. The number of benzene rings is 3. The summed E-state index contributed by atoms with van der Waals surface area (Å²) >= 11 is 0. The largest absolute Gasteiger partial charge is 0.495 e. The second-order valence-electron chi connectivity index (χ2n) is 5.26. The molecule has 3 rings (SSSR count). The Morgan fingerprint density at radius 1 is 0.826 bits per heavy atom. The van der Waals surface area contributed by atoms with Gasteiger partial charge in [-0.1, -0.05) is 48.5 Å². The van der Waals surface area contributed by atoms with Crippen LogP contribution in [0.25, 0.3) is 11.1 Å². The van der Waals surface area contributed by atoms with Crippen LogP contribution in [0.1, 0.15) is 5.56 Å². The molecule has 2 N–H and O–H groups in total. The Morgan fingerprint density at radius 3 is 2.39 bits per heavy atom. The molecule has 3 heteroatoms. The van der Waals surface area contributed by atoms with Crippen molar-refractivity contribution in [2.75, 3.05) is 12.8 Å². The van der Waals surface area contributed by atoms with E-state index in [0.717, 1.165) is 22.4 Å². The van der Waals surface area contributed by atoms with Crippen LogP contribution in [0.4, 0.5) is 5.69 Å². The van der Waals surface area contributed by atoms with E-state index in [0.29, 0.717) is 18.0 Å². The first-order valence-corrected chi connectivity index (χ1v) is 7.47. The second kappa shape index (κ2) is 6.88. The van der Waals surface area contributed by atoms with Crippen molar-refractivity contribution in [1.82, 2.24) is 0 Å². The zero-order valence-corrected chi connectivity index (χ0v) is 13.0. The lowest BCUT2D eigenvalue weighted by Crippen LogP contribution is -1.95. The van der Waals surface area contributed by atoms with Crippen LogP contribution in [-0.2, 0) is 6.61 Å². The molecule has 0 aliphatic heterocycles.